The van der Waals surface area contributed by atoms with E-state index in [-0.39, 0.29) is 17.9 Å². The third-order valence-corrected chi connectivity index (χ3v) is 8.25. The van der Waals surface area contributed by atoms with Gasteiger partial charge in [0, 0.05) is 42.2 Å². The van der Waals surface area contributed by atoms with Gasteiger partial charge in [-0.15, -0.1) is 0 Å². The summed E-state index contributed by atoms with van der Waals surface area (Å²) in [5.41, 5.74) is 6.04. The minimum atomic E-state index is -0.656. The number of carboxylic acid groups (broad SMARTS) is 1. The van der Waals surface area contributed by atoms with Gasteiger partial charge in [-0.25, -0.2) is 9.67 Å². The predicted molar refractivity (Wildman–Crippen MR) is 143 cm³/mol. The zero-order chi connectivity index (χ0) is 25.3. The molecule has 3 aliphatic rings. The lowest BCUT2D eigenvalue weighted by atomic mass is 9.72. The first-order valence-electron chi connectivity index (χ1n) is 12.8. The monoisotopic (exact) mass is 492 g/mol. The molecule has 1 saturated carbocycles. The molecule has 186 valence electrons. The molecule has 8 nitrogen and oxygen atoms in total. The van der Waals surface area contributed by atoms with Gasteiger partial charge in [-0.2, -0.15) is 10.2 Å². The first-order valence-corrected chi connectivity index (χ1v) is 12.8. The van der Waals surface area contributed by atoms with Gasteiger partial charge in [0.05, 0.1) is 28.8 Å². The van der Waals surface area contributed by atoms with E-state index in [9.17, 15) is 9.90 Å². The van der Waals surface area contributed by atoms with Crippen LogP contribution in [0.25, 0.3) is 38.8 Å². The lowest BCUT2D eigenvalue weighted by Crippen LogP contribution is -2.54. The third kappa shape index (κ3) is 3.43. The summed E-state index contributed by atoms with van der Waals surface area (Å²) in [7, 11) is 1.94. The summed E-state index contributed by atoms with van der Waals surface area (Å²) in [6.07, 6.45) is 6.66. The first-order chi connectivity index (χ1) is 18.0. The highest BCUT2D eigenvalue weighted by Gasteiger charge is 2.44. The fraction of sp³-hybridized carbons (Fsp3) is 0.310. The summed E-state index contributed by atoms with van der Waals surface area (Å²) in [5.74, 6) is 0.224. The molecule has 2 aromatic carbocycles. The molecule has 2 saturated heterocycles. The van der Waals surface area contributed by atoms with Gasteiger partial charge in [0.15, 0.2) is 0 Å². The summed E-state index contributed by atoms with van der Waals surface area (Å²) in [5, 5.41) is 21.5. The number of aliphatic carboxylic acids is 1. The summed E-state index contributed by atoms with van der Waals surface area (Å²) in [6, 6.07) is 16.8. The molecule has 8 heteroatoms. The fourth-order valence-electron chi connectivity index (χ4n) is 6.46. The maximum Gasteiger partial charge on any atom is 0.306 e. The van der Waals surface area contributed by atoms with Gasteiger partial charge < -0.3 is 10.0 Å². The largest absolute Gasteiger partial charge is 0.481 e. The quantitative estimate of drug-likeness (QED) is 0.381. The van der Waals surface area contributed by atoms with E-state index >= 15 is 0 Å². The van der Waals surface area contributed by atoms with Gasteiger partial charge in [0.1, 0.15) is 11.5 Å². The van der Waals surface area contributed by atoms with Crippen LogP contribution < -0.4 is 4.90 Å². The van der Waals surface area contributed by atoms with E-state index in [1.54, 1.807) is 0 Å². The number of piperidine rings is 2. The molecular weight excluding hydrogens is 464 g/mol. The minimum Gasteiger partial charge on any atom is -0.481 e. The standard InChI is InChI=1S/C29H28N6O2/c1-17-5-3-7-22-27(21-6-4-8-25-24(21)16-33(2)31-25)32-35(28(17)22)20-11-12-26(30-14-20)34-15-18-9-10-19(34)13-23(18)29(36)37/h3-8,11-12,14,16,18-19,23H,9-10,13,15H2,1-2H3,(H,36,37)/t18-,19-,23+/m0/s1. The van der Waals surface area contributed by atoms with Crippen LogP contribution in [0.1, 0.15) is 24.8 Å². The first kappa shape index (κ1) is 22.0. The van der Waals surface area contributed by atoms with Crippen molar-refractivity contribution < 1.29 is 9.90 Å². The number of nitrogens with zero attached hydrogens (tertiary/aromatic N) is 6. The van der Waals surface area contributed by atoms with Crippen LogP contribution in [0.3, 0.4) is 0 Å². The Hall–Kier alpha value is -4.20. The summed E-state index contributed by atoms with van der Waals surface area (Å²) in [6.45, 7) is 2.87. The molecule has 3 atom stereocenters. The number of aromatic nitrogens is 5. The molecule has 2 bridgehead atoms. The van der Waals surface area contributed by atoms with E-state index in [0.29, 0.717) is 6.42 Å². The average molecular weight is 493 g/mol. The Bertz CT molecular complexity index is 1670. The molecule has 1 aliphatic carbocycles. The normalized spacial score (nSPS) is 21.2. The molecule has 37 heavy (non-hydrogen) atoms. The third-order valence-electron chi connectivity index (χ3n) is 8.25. The van der Waals surface area contributed by atoms with E-state index in [1.807, 2.05) is 40.9 Å². The van der Waals surface area contributed by atoms with Gasteiger partial charge in [-0.05, 0) is 55.9 Å². The molecule has 8 rings (SSSR count). The number of hydrogen-bond acceptors (Lipinski definition) is 5. The van der Waals surface area contributed by atoms with Gasteiger partial charge in [0.2, 0.25) is 0 Å². The van der Waals surface area contributed by atoms with E-state index < -0.39 is 5.97 Å². The number of anilines is 1. The van der Waals surface area contributed by atoms with Crippen LogP contribution in [0.4, 0.5) is 5.82 Å². The van der Waals surface area contributed by atoms with E-state index in [0.717, 1.165) is 69.5 Å². The van der Waals surface area contributed by atoms with Crippen molar-refractivity contribution in [2.24, 2.45) is 18.9 Å². The van der Waals surface area contributed by atoms with Gasteiger partial charge in [-0.1, -0.05) is 30.3 Å². The van der Waals surface area contributed by atoms with E-state index in [2.05, 4.69) is 53.3 Å². The lowest BCUT2D eigenvalue weighted by molar-refractivity contribution is -0.146. The SMILES string of the molecule is Cc1cccc2c(-c3cccc4nn(C)cc34)nn(-c3ccc(N4C[C@@H]5CC[C@H]4C[C@H]5C(=O)O)nc3)c12. The van der Waals surface area contributed by atoms with Crippen LogP contribution in [-0.2, 0) is 11.8 Å². The highest BCUT2D eigenvalue weighted by molar-refractivity contribution is 6.03. The maximum absolute atomic E-state index is 11.7. The molecule has 0 spiro atoms. The van der Waals surface area contributed by atoms with Crippen molar-refractivity contribution in [3.8, 4) is 16.9 Å². The number of hydrogen-bond donors (Lipinski definition) is 1. The number of para-hydroxylation sites is 1. The fourth-order valence-corrected chi connectivity index (χ4v) is 6.46. The van der Waals surface area contributed by atoms with Crippen LogP contribution in [0.5, 0.6) is 0 Å². The topological polar surface area (TPSA) is 89.1 Å². The van der Waals surface area contributed by atoms with Crippen molar-refractivity contribution in [3.63, 3.8) is 0 Å². The number of pyridine rings is 1. The van der Waals surface area contributed by atoms with Crippen molar-refractivity contribution in [3.05, 3.63) is 66.5 Å². The van der Waals surface area contributed by atoms with Crippen molar-refractivity contribution in [2.75, 3.05) is 11.4 Å². The Morgan fingerprint density at radius 1 is 1.03 bits per heavy atom. The molecule has 1 N–H and O–H groups in total. The van der Waals surface area contributed by atoms with Crippen LogP contribution >= 0.6 is 0 Å². The summed E-state index contributed by atoms with van der Waals surface area (Å²) in [4.78, 5) is 18.8. The second-order valence-electron chi connectivity index (χ2n) is 10.5. The molecule has 2 aliphatic heterocycles. The minimum absolute atomic E-state index is 0.194. The van der Waals surface area contributed by atoms with E-state index in [1.165, 1.54) is 0 Å². The zero-order valence-corrected chi connectivity index (χ0v) is 20.9. The number of benzene rings is 2. The number of rotatable bonds is 4. The Balaban J connectivity index is 1.29. The van der Waals surface area contributed by atoms with Crippen molar-refractivity contribution in [1.82, 2.24) is 24.5 Å². The lowest BCUT2D eigenvalue weighted by Gasteiger charge is -2.48. The van der Waals surface area contributed by atoms with Gasteiger partial charge in [0.25, 0.3) is 0 Å². The number of fused-ring (bicyclic) bond motifs is 5. The average Bonchev–Trinajstić information content (AvgIpc) is 3.50. The van der Waals surface area contributed by atoms with Crippen LogP contribution in [0.2, 0.25) is 0 Å². The highest BCUT2D eigenvalue weighted by atomic mass is 16.4. The summed E-state index contributed by atoms with van der Waals surface area (Å²) < 4.78 is 3.84. The summed E-state index contributed by atoms with van der Waals surface area (Å²) >= 11 is 0. The molecule has 5 heterocycles. The van der Waals surface area contributed by atoms with Crippen LogP contribution in [0.15, 0.2) is 60.9 Å². The van der Waals surface area contributed by atoms with Gasteiger partial charge in [-0.3, -0.25) is 9.48 Å². The Labute approximate surface area is 214 Å². The molecule has 0 unspecified atom stereocenters. The smallest absolute Gasteiger partial charge is 0.306 e. The highest BCUT2D eigenvalue weighted by Crippen LogP contribution is 2.41. The molecule has 0 amide bonds. The Morgan fingerprint density at radius 2 is 1.89 bits per heavy atom. The Morgan fingerprint density at radius 3 is 2.65 bits per heavy atom. The van der Waals surface area contributed by atoms with E-state index in [4.69, 9.17) is 10.1 Å². The molecule has 5 aromatic rings. The number of aryl methyl sites for hydroxylation is 2. The van der Waals surface area contributed by atoms with Crippen molar-refractivity contribution in [2.45, 2.75) is 32.2 Å². The van der Waals surface area contributed by atoms with Crippen molar-refractivity contribution >= 4 is 33.6 Å². The Kier molecular flexibility index (Phi) is 4.86. The maximum atomic E-state index is 11.7. The van der Waals surface area contributed by atoms with Crippen LogP contribution in [-0.4, -0.2) is 48.2 Å². The zero-order valence-electron chi connectivity index (χ0n) is 20.9. The molecule has 3 fully saturated rings. The number of carbonyl (C=O) groups is 1. The van der Waals surface area contributed by atoms with Crippen LogP contribution in [0, 0.1) is 18.8 Å². The number of carboxylic acids is 1. The molecular formula is C29H28N6O2. The molecule has 0 radical (unpaired) electrons. The molecule has 3 aromatic heterocycles. The predicted octanol–water partition coefficient (Wildman–Crippen LogP) is 4.97. The van der Waals surface area contributed by atoms with Crippen molar-refractivity contribution in [1.29, 1.82) is 0 Å². The second kappa shape index (κ2) is 8.16. The van der Waals surface area contributed by atoms with Gasteiger partial charge >= 0.3 is 5.97 Å². The second-order valence-corrected chi connectivity index (χ2v) is 10.5.